The van der Waals surface area contributed by atoms with Gasteiger partial charge in [0, 0.05) is 12.7 Å². The van der Waals surface area contributed by atoms with Crippen molar-refractivity contribution in [2.45, 2.75) is 32.6 Å². The predicted octanol–water partition coefficient (Wildman–Crippen LogP) is 1.67. The molecule has 1 aliphatic carbocycles. The number of carbonyl (C=O) groups is 2. The average Bonchev–Trinajstić information content (AvgIpc) is 2.47. The van der Waals surface area contributed by atoms with Crippen LogP contribution in [0.15, 0.2) is 18.3 Å². The van der Waals surface area contributed by atoms with Crippen molar-refractivity contribution in [1.82, 2.24) is 10.3 Å². The summed E-state index contributed by atoms with van der Waals surface area (Å²) >= 11 is 0. The Labute approximate surface area is 123 Å². The third-order valence-electron chi connectivity index (χ3n) is 4.33. The minimum absolute atomic E-state index is 0.115. The lowest BCUT2D eigenvalue weighted by atomic mass is 9.71. The molecule has 1 saturated carbocycles. The lowest BCUT2D eigenvalue weighted by Crippen LogP contribution is -2.45. The third-order valence-corrected chi connectivity index (χ3v) is 4.33. The number of aromatic nitrogens is 1. The molecular formula is C15H21N3O3. The van der Waals surface area contributed by atoms with Crippen LogP contribution in [0.3, 0.4) is 0 Å². The number of amides is 1. The molecule has 2 rings (SSSR count). The van der Waals surface area contributed by atoms with Crippen LogP contribution in [0.4, 0.5) is 5.69 Å². The molecule has 21 heavy (non-hydrogen) atoms. The molecule has 0 saturated heterocycles. The minimum Gasteiger partial charge on any atom is -0.481 e. The molecule has 1 amide bonds. The van der Waals surface area contributed by atoms with Crippen molar-refractivity contribution in [3.05, 3.63) is 24.0 Å². The number of carbonyl (C=O) groups excluding carboxylic acids is 1. The van der Waals surface area contributed by atoms with Crippen LogP contribution in [0.1, 0.15) is 43.1 Å². The van der Waals surface area contributed by atoms with Gasteiger partial charge in [-0.15, -0.1) is 0 Å². The summed E-state index contributed by atoms with van der Waals surface area (Å²) in [6.45, 7) is 2.24. The van der Waals surface area contributed by atoms with E-state index in [2.05, 4.69) is 17.2 Å². The molecule has 1 aromatic rings. The molecule has 6 nitrogen and oxygen atoms in total. The van der Waals surface area contributed by atoms with Gasteiger partial charge in [-0.1, -0.05) is 6.92 Å². The average molecular weight is 291 g/mol. The van der Waals surface area contributed by atoms with E-state index in [0.29, 0.717) is 18.8 Å². The van der Waals surface area contributed by atoms with Gasteiger partial charge in [-0.05, 0) is 43.7 Å². The van der Waals surface area contributed by atoms with E-state index in [9.17, 15) is 14.7 Å². The standard InChI is InChI=1S/C15H21N3O3/c1-10-4-6-15(7-5-10,14(20)21)9-18-13(19)12-11(16)3-2-8-17-12/h2-3,8,10H,4-7,9,16H2,1H3,(H,18,19)(H,20,21). The van der Waals surface area contributed by atoms with Gasteiger partial charge in [0.2, 0.25) is 0 Å². The Balaban J connectivity index is 2.04. The molecular weight excluding hydrogens is 270 g/mol. The maximum Gasteiger partial charge on any atom is 0.311 e. The molecule has 1 aromatic heterocycles. The summed E-state index contributed by atoms with van der Waals surface area (Å²) in [4.78, 5) is 27.6. The van der Waals surface area contributed by atoms with Crippen LogP contribution in [0.5, 0.6) is 0 Å². The van der Waals surface area contributed by atoms with E-state index < -0.39 is 17.3 Å². The normalized spacial score (nSPS) is 25.3. The number of nitrogen functional groups attached to an aromatic ring is 1. The van der Waals surface area contributed by atoms with Crippen molar-refractivity contribution < 1.29 is 14.7 Å². The molecule has 1 fully saturated rings. The van der Waals surface area contributed by atoms with Crippen molar-refractivity contribution >= 4 is 17.6 Å². The van der Waals surface area contributed by atoms with Crippen LogP contribution >= 0.6 is 0 Å². The number of hydrogen-bond donors (Lipinski definition) is 3. The molecule has 1 heterocycles. The molecule has 4 N–H and O–H groups in total. The third kappa shape index (κ3) is 3.32. The maximum atomic E-state index is 12.1. The summed E-state index contributed by atoms with van der Waals surface area (Å²) in [6, 6.07) is 3.24. The number of nitrogens with two attached hydrogens (primary N) is 1. The first-order valence-electron chi connectivity index (χ1n) is 7.17. The van der Waals surface area contributed by atoms with Gasteiger partial charge < -0.3 is 16.2 Å². The fraction of sp³-hybridized carbons (Fsp3) is 0.533. The first-order chi connectivity index (χ1) is 9.94. The van der Waals surface area contributed by atoms with Crippen LogP contribution < -0.4 is 11.1 Å². The Morgan fingerprint density at radius 2 is 2.14 bits per heavy atom. The highest BCUT2D eigenvalue weighted by Crippen LogP contribution is 2.38. The number of nitrogens with zero attached hydrogens (tertiary/aromatic N) is 1. The lowest BCUT2D eigenvalue weighted by molar-refractivity contribution is -0.151. The van der Waals surface area contributed by atoms with Gasteiger partial charge >= 0.3 is 5.97 Å². The zero-order chi connectivity index (χ0) is 15.5. The number of pyridine rings is 1. The van der Waals surface area contributed by atoms with Crippen LogP contribution in [0, 0.1) is 11.3 Å². The van der Waals surface area contributed by atoms with Gasteiger partial charge in [0.1, 0.15) is 0 Å². The predicted molar refractivity (Wildman–Crippen MR) is 78.7 cm³/mol. The molecule has 0 radical (unpaired) electrons. The highest BCUT2D eigenvalue weighted by atomic mass is 16.4. The van der Waals surface area contributed by atoms with Gasteiger partial charge in [-0.3, -0.25) is 9.59 Å². The highest BCUT2D eigenvalue weighted by Gasteiger charge is 2.41. The molecule has 114 valence electrons. The van der Waals surface area contributed by atoms with Crippen LogP contribution in [0.2, 0.25) is 0 Å². The van der Waals surface area contributed by atoms with Crippen molar-refractivity contribution in [3.63, 3.8) is 0 Å². The van der Waals surface area contributed by atoms with E-state index in [0.717, 1.165) is 12.8 Å². The van der Waals surface area contributed by atoms with Crippen LogP contribution in [-0.2, 0) is 4.79 Å². The monoisotopic (exact) mass is 291 g/mol. The fourth-order valence-corrected chi connectivity index (χ4v) is 2.72. The minimum atomic E-state index is -0.869. The molecule has 0 aromatic carbocycles. The molecule has 1 aliphatic rings. The van der Waals surface area contributed by atoms with Crippen molar-refractivity contribution in [2.75, 3.05) is 12.3 Å². The molecule has 6 heteroatoms. The van der Waals surface area contributed by atoms with Gasteiger partial charge in [-0.25, -0.2) is 4.98 Å². The number of anilines is 1. The summed E-state index contributed by atoms with van der Waals surface area (Å²) < 4.78 is 0. The maximum absolute atomic E-state index is 12.1. The number of rotatable bonds is 4. The second-order valence-corrected chi connectivity index (χ2v) is 5.89. The number of nitrogens with one attached hydrogen (secondary N) is 1. The molecule has 0 spiro atoms. The topological polar surface area (TPSA) is 105 Å². The van der Waals surface area contributed by atoms with Gasteiger partial charge in [0.25, 0.3) is 5.91 Å². The number of hydrogen-bond acceptors (Lipinski definition) is 4. The summed E-state index contributed by atoms with van der Waals surface area (Å²) in [5.74, 6) is -0.726. The van der Waals surface area contributed by atoms with E-state index in [1.165, 1.54) is 6.20 Å². The number of aliphatic carboxylic acids is 1. The van der Waals surface area contributed by atoms with E-state index >= 15 is 0 Å². The second kappa shape index (κ2) is 6.11. The van der Waals surface area contributed by atoms with E-state index in [-0.39, 0.29) is 17.9 Å². The summed E-state index contributed by atoms with van der Waals surface area (Å²) in [5, 5.41) is 12.2. The zero-order valence-corrected chi connectivity index (χ0v) is 12.1. The summed E-state index contributed by atoms with van der Waals surface area (Å²) in [5.41, 5.74) is 5.26. The molecule has 0 aliphatic heterocycles. The summed E-state index contributed by atoms with van der Waals surface area (Å²) in [6.07, 6.45) is 4.39. The van der Waals surface area contributed by atoms with E-state index in [1.54, 1.807) is 12.1 Å². The molecule has 0 unspecified atom stereocenters. The largest absolute Gasteiger partial charge is 0.481 e. The smallest absolute Gasteiger partial charge is 0.311 e. The molecule has 0 atom stereocenters. The van der Waals surface area contributed by atoms with E-state index in [4.69, 9.17) is 5.73 Å². The van der Waals surface area contributed by atoms with Crippen molar-refractivity contribution in [2.24, 2.45) is 11.3 Å². The van der Waals surface area contributed by atoms with E-state index in [1.807, 2.05) is 0 Å². The first-order valence-corrected chi connectivity index (χ1v) is 7.17. The summed E-state index contributed by atoms with van der Waals surface area (Å²) in [7, 11) is 0. The van der Waals surface area contributed by atoms with Crippen LogP contribution in [-0.4, -0.2) is 28.5 Å². The number of carboxylic acid groups (broad SMARTS) is 1. The Hall–Kier alpha value is -2.11. The Morgan fingerprint density at radius 1 is 1.48 bits per heavy atom. The van der Waals surface area contributed by atoms with Crippen LogP contribution in [0.25, 0.3) is 0 Å². The van der Waals surface area contributed by atoms with Crippen molar-refractivity contribution in [1.29, 1.82) is 0 Å². The number of carboxylic acids is 1. The Kier molecular flexibility index (Phi) is 4.45. The SMILES string of the molecule is CC1CCC(CNC(=O)c2ncccc2N)(C(=O)O)CC1. The molecule has 0 bridgehead atoms. The fourth-order valence-electron chi connectivity index (χ4n) is 2.72. The quantitative estimate of drug-likeness (QED) is 0.782. The Bertz CT molecular complexity index is 537. The second-order valence-electron chi connectivity index (χ2n) is 5.89. The van der Waals surface area contributed by atoms with Crippen molar-refractivity contribution in [3.8, 4) is 0 Å². The van der Waals surface area contributed by atoms with Gasteiger partial charge in [0.05, 0.1) is 11.1 Å². The highest BCUT2D eigenvalue weighted by molar-refractivity contribution is 5.97. The van der Waals surface area contributed by atoms with Gasteiger partial charge in [0.15, 0.2) is 5.69 Å². The van der Waals surface area contributed by atoms with Gasteiger partial charge in [-0.2, -0.15) is 0 Å². The Morgan fingerprint density at radius 3 is 2.71 bits per heavy atom. The lowest BCUT2D eigenvalue weighted by Gasteiger charge is -2.35. The first kappa shape index (κ1) is 15.3. The zero-order valence-electron chi connectivity index (χ0n) is 12.1.